The molecule has 0 aliphatic heterocycles. The molecule has 2 fully saturated rings. The number of halogens is 2. The van der Waals surface area contributed by atoms with E-state index in [0.29, 0.717) is 9.54 Å². The van der Waals surface area contributed by atoms with Crippen molar-refractivity contribution in [3.05, 3.63) is 166 Å². The van der Waals surface area contributed by atoms with Crippen molar-refractivity contribution in [3.8, 4) is 0 Å². The molecule has 9 unspecified atom stereocenters. The standard InChI is InChI=1S/C29H37.C13H10.C5H5.2ClH.Zr/c1-21-14-13-15-22-20-27(6)25(4)18-10-9-16-23(25,2)24(3)17-11-12-19-26(24,5)29(27,8)28(21,22)7;1-3-7-12(8-4-1)11-13-9-5-2-6-10-13;1-2-4-5-3-1;;;/h9-20,22H,1-8H3;1-10H;1-3H,4H2;2*1H;/q;;;;;+2/p-2. The Morgan fingerprint density at radius 1 is 0.600 bits per heavy atom. The Balaban J connectivity index is 0.00000216. The second-order valence-corrected chi connectivity index (χ2v) is 23.2. The third-order valence-corrected chi connectivity index (χ3v) is 25.5. The summed E-state index contributed by atoms with van der Waals surface area (Å²) in [4.78, 5) is 0. The van der Waals surface area contributed by atoms with Crippen LogP contribution in [0.25, 0.3) is 0 Å². The Labute approximate surface area is 322 Å². The summed E-state index contributed by atoms with van der Waals surface area (Å²) in [5.41, 5.74) is 3.83. The largest absolute Gasteiger partial charge is 1.00 e. The van der Waals surface area contributed by atoms with Gasteiger partial charge in [0.2, 0.25) is 0 Å². The van der Waals surface area contributed by atoms with E-state index >= 15 is 0 Å². The summed E-state index contributed by atoms with van der Waals surface area (Å²) >= 11 is -2.90. The number of hydrogen-bond acceptors (Lipinski definition) is 0. The molecule has 0 bridgehead atoms. The van der Waals surface area contributed by atoms with Crippen LogP contribution >= 0.6 is 0 Å². The van der Waals surface area contributed by atoms with Gasteiger partial charge in [-0.3, -0.25) is 0 Å². The van der Waals surface area contributed by atoms with Crippen LogP contribution in [0.5, 0.6) is 0 Å². The molecule has 0 aromatic heterocycles. The van der Waals surface area contributed by atoms with Gasteiger partial charge < -0.3 is 24.8 Å². The molecule has 258 valence electrons. The normalized spacial score (nSPS) is 40.9. The maximum Gasteiger partial charge on any atom is -1.00 e. The van der Waals surface area contributed by atoms with E-state index in [1.165, 1.54) is 11.1 Å². The Kier molecular flexibility index (Phi) is 9.28. The first-order valence-electron chi connectivity index (χ1n) is 18.2. The zero-order chi connectivity index (χ0) is 33.8. The van der Waals surface area contributed by atoms with Crippen LogP contribution in [-0.2, 0) is 21.3 Å². The second-order valence-electron chi connectivity index (χ2n) is 16.9. The molecule has 0 amide bonds. The average molecular weight is 779 g/mol. The molecule has 6 aliphatic carbocycles. The number of benzene rings is 2. The quantitative estimate of drug-likeness (QED) is 0.360. The van der Waals surface area contributed by atoms with Crippen LogP contribution < -0.4 is 24.8 Å². The molecule has 0 N–H and O–H groups in total. The Bertz CT molecular complexity index is 1930. The van der Waals surface area contributed by atoms with Gasteiger partial charge in [-0.2, -0.15) is 0 Å². The molecule has 0 heterocycles. The van der Waals surface area contributed by atoms with Crippen molar-refractivity contribution in [3.63, 3.8) is 0 Å². The van der Waals surface area contributed by atoms with Crippen molar-refractivity contribution in [1.29, 1.82) is 0 Å². The minimum absolute atomic E-state index is 0. The molecule has 50 heavy (non-hydrogen) atoms. The Morgan fingerprint density at radius 3 is 1.62 bits per heavy atom. The van der Waals surface area contributed by atoms with Crippen LogP contribution in [0, 0.1) is 43.8 Å². The summed E-state index contributed by atoms with van der Waals surface area (Å²) < 4.78 is 3.93. The monoisotopic (exact) mass is 776 g/mol. The zero-order valence-corrected chi connectivity index (χ0v) is 34.9. The van der Waals surface area contributed by atoms with Gasteiger partial charge in [0.1, 0.15) is 0 Å². The summed E-state index contributed by atoms with van der Waals surface area (Å²) in [6.07, 6.45) is 36.1. The second kappa shape index (κ2) is 12.4. The van der Waals surface area contributed by atoms with Gasteiger partial charge in [0.15, 0.2) is 0 Å². The van der Waals surface area contributed by atoms with E-state index in [2.05, 4.69) is 201 Å². The van der Waals surface area contributed by atoms with Gasteiger partial charge in [-0.1, -0.05) is 0 Å². The molecule has 2 saturated carbocycles. The van der Waals surface area contributed by atoms with Crippen LogP contribution in [0.2, 0.25) is 3.63 Å². The molecule has 0 saturated heterocycles. The zero-order valence-electron chi connectivity index (χ0n) is 31.0. The van der Waals surface area contributed by atoms with Crippen molar-refractivity contribution in [2.75, 3.05) is 0 Å². The van der Waals surface area contributed by atoms with Crippen molar-refractivity contribution in [2.45, 2.75) is 65.4 Å². The number of fused-ring (bicyclic) bond motifs is 8. The fourth-order valence-corrected chi connectivity index (χ4v) is 24.3. The molecule has 6 aliphatic rings. The minimum atomic E-state index is -2.90. The first-order valence-corrected chi connectivity index (χ1v) is 22.1. The SMILES string of the molecule is CC1=CC=CC2[CH]([Zr+2]([C]3=CC=CC3)=[C](c3ccccc3)c3ccccc3)C3(C)C4(C)C=CC=CC4(C)C4(C)C=CC=CC4(C)C3(C)C12C.[Cl-].[Cl-]. The van der Waals surface area contributed by atoms with Crippen LogP contribution in [0.3, 0.4) is 0 Å². The van der Waals surface area contributed by atoms with E-state index in [0.717, 1.165) is 6.42 Å². The molecule has 2 aromatic carbocycles. The first-order chi connectivity index (χ1) is 22.9. The van der Waals surface area contributed by atoms with Crippen molar-refractivity contribution in [2.24, 2.45) is 43.8 Å². The van der Waals surface area contributed by atoms with Crippen LogP contribution in [-0.4, -0.2) is 3.21 Å². The Morgan fingerprint density at radius 2 is 1.10 bits per heavy atom. The van der Waals surface area contributed by atoms with Gasteiger partial charge in [-0.25, -0.2) is 0 Å². The molecule has 0 nitrogen and oxygen atoms in total. The summed E-state index contributed by atoms with van der Waals surface area (Å²) in [6.45, 7) is 21.3. The van der Waals surface area contributed by atoms with Gasteiger partial charge in [0.25, 0.3) is 0 Å². The van der Waals surface area contributed by atoms with Crippen LogP contribution in [0.15, 0.2) is 155 Å². The summed E-state index contributed by atoms with van der Waals surface area (Å²) in [5.74, 6) is 0.426. The number of hydrogen-bond donors (Lipinski definition) is 0. The maximum absolute atomic E-state index is 2.90. The maximum atomic E-state index is 2.80. The molecule has 2 aromatic rings. The fourth-order valence-electron chi connectivity index (χ4n) is 13.1. The van der Waals surface area contributed by atoms with Gasteiger partial charge in [-0.15, -0.1) is 0 Å². The predicted molar refractivity (Wildman–Crippen MR) is 201 cm³/mol. The predicted octanol–water partition coefficient (Wildman–Crippen LogP) is 5.97. The average Bonchev–Trinajstić information content (AvgIpc) is 3.68. The molecule has 0 spiro atoms. The first kappa shape index (κ1) is 37.5. The molecule has 3 heteroatoms. The van der Waals surface area contributed by atoms with Gasteiger partial charge in [0, 0.05) is 0 Å². The third-order valence-electron chi connectivity index (χ3n) is 16.3. The third kappa shape index (κ3) is 4.07. The molecule has 8 rings (SSSR count). The van der Waals surface area contributed by atoms with Gasteiger partial charge in [-0.05, 0) is 0 Å². The summed E-state index contributed by atoms with van der Waals surface area (Å²) in [6, 6.07) is 23.1. The Hall–Kier alpha value is -2.31. The number of rotatable bonds is 4. The van der Waals surface area contributed by atoms with Crippen molar-refractivity contribution >= 4 is 3.21 Å². The topological polar surface area (TPSA) is 0 Å². The van der Waals surface area contributed by atoms with E-state index < -0.39 is 21.3 Å². The minimum Gasteiger partial charge on any atom is -1.00 e. The van der Waals surface area contributed by atoms with Gasteiger partial charge >= 0.3 is 299 Å². The van der Waals surface area contributed by atoms with Crippen molar-refractivity contribution in [1.82, 2.24) is 0 Å². The van der Waals surface area contributed by atoms with Crippen LogP contribution in [0.1, 0.15) is 72.9 Å². The van der Waals surface area contributed by atoms with Gasteiger partial charge in [0.05, 0.1) is 0 Å². The van der Waals surface area contributed by atoms with E-state index in [1.54, 1.807) is 12.1 Å². The molecular weight excluding hydrogens is 727 g/mol. The van der Waals surface area contributed by atoms with E-state index in [1.807, 2.05) is 0 Å². The smallest absolute Gasteiger partial charge is 1.00 e. The van der Waals surface area contributed by atoms with E-state index in [4.69, 9.17) is 0 Å². The number of allylic oxidation sites excluding steroid dienone is 16. The van der Waals surface area contributed by atoms with Crippen LogP contribution in [0.4, 0.5) is 0 Å². The summed E-state index contributed by atoms with van der Waals surface area (Å²) in [5, 5.41) is 0. The van der Waals surface area contributed by atoms with E-state index in [-0.39, 0.29) is 62.7 Å². The molecular formula is C47H52Cl2Zr. The molecule has 9 atom stereocenters. The molecule has 0 radical (unpaired) electrons. The fraction of sp³-hybridized carbons (Fsp3) is 0.383. The summed E-state index contributed by atoms with van der Waals surface area (Å²) in [7, 11) is 0. The van der Waals surface area contributed by atoms with Crippen molar-refractivity contribution < 1.29 is 46.1 Å². The van der Waals surface area contributed by atoms with E-state index in [9.17, 15) is 0 Å².